The summed E-state index contributed by atoms with van der Waals surface area (Å²) in [6, 6.07) is 0.811. The van der Waals surface area contributed by atoms with Gasteiger partial charge in [-0.25, -0.2) is 0 Å². The monoisotopic (exact) mass is 209 g/mol. The molecule has 15 heavy (non-hydrogen) atoms. The quantitative estimate of drug-likeness (QED) is 0.705. The van der Waals surface area contributed by atoms with E-state index in [-0.39, 0.29) is 0 Å². The van der Waals surface area contributed by atoms with Gasteiger partial charge in [-0.3, -0.25) is 0 Å². The van der Waals surface area contributed by atoms with Gasteiger partial charge in [0.05, 0.1) is 0 Å². The van der Waals surface area contributed by atoms with Gasteiger partial charge in [-0.15, -0.1) is 0 Å². The van der Waals surface area contributed by atoms with Gasteiger partial charge in [0.2, 0.25) is 0 Å². The molecule has 1 heteroatoms. The smallest absolute Gasteiger partial charge is 0.00978 e. The van der Waals surface area contributed by atoms with E-state index in [9.17, 15) is 0 Å². The van der Waals surface area contributed by atoms with E-state index in [0.717, 1.165) is 30.3 Å². The Labute approximate surface area is 95.0 Å². The number of hydrogen-bond acceptors (Lipinski definition) is 1. The van der Waals surface area contributed by atoms with Gasteiger partial charge in [-0.05, 0) is 43.6 Å². The van der Waals surface area contributed by atoms with E-state index in [1.54, 1.807) is 0 Å². The highest BCUT2D eigenvalue weighted by atomic mass is 14.9. The zero-order chi connectivity index (χ0) is 10.7. The second kappa shape index (κ2) is 5.34. The van der Waals surface area contributed by atoms with Gasteiger partial charge >= 0.3 is 0 Å². The predicted octanol–water partition coefficient (Wildman–Crippen LogP) is 3.59. The van der Waals surface area contributed by atoms with Gasteiger partial charge in [-0.1, -0.05) is 39.5 Å². The van der Waals surface area contributed by atoms with Crippen molar-refractivity contribution in [1.82, 2.24) is 5.32 Å². The van der Waals surface area contributed by atoms with Crippen molar-refractivity contribution < 1.29 is 0 Å². The van der Waals surface area contributed by atoms with Crippen LogP contribution in [0.3, 0.4) is 0 Å². The Hall–Kier alpha value is -0.0400. The van der Waals surface area contributed by atoms with Crippen LogP contribution in [0.15, 0.2) is 0 Å². The average Bonchev–Trinajstić information content (AvgIpc) is 2.96. The van der Waals surface area contributed by atoms with E-state index in [2.05, 4.69) is 19.2 Å². The van der Waals surface area contributed by atoms with Gasteiger partial charge in [-0.2, -0.15) is 0 Å². The molecular formula is C14H27N. The Kier molecular flexibility index (Phi) is 4.07. The highest BCUT2D eigenvalue weighted by molar-refractivity contribution is 4.88. The first-order valence-electron chi connectivity index (χ1n) is 7.04. The molecule has 0 aromatic rings. The molecular weight excluding hydrogens is 182 g/mol. The van der Waals surface area contributed by atoms with Crippen LogP contribution in [0.2, 0.25) is 0 Å². The third kappa shape index (κ3) is 3.21. The SMILES string of the molecule is CCNC(CC1CCCC1)C(C)C1CC1. The summed E-state index contributed by atoms with van der Waals surface area (Å²) < 4.78 is 0. The third-order valence-corrected chi connectivity index (χ3v) is 4.53. The van der Waals surface area contributed by atoms with E-state index in [1.165, 1.54) is 44.9 Å². The minimum Gasteiger partial charge on any atom is -0.314 e. The molecule has 2 aliphatic carbocycles. The molecule has 0 aromatic carbocycles. The highest BCUT2D eigenvalue weighted by Gasteiger charge is 2.34. The van der Waals surface area contributed by atoms with E-state index in [0.29, 0.717) is 0 Å². The Balaban J connectivity index is 1.80. The van der Waals surface area contributed by atoms with E-state index >= 15 is 0 Å². The topological polar surface area (TPSA) is 12.0 Å². The van der Waals surface area contributed by atoms with Crippen LogP contribution in [0, 0.1) is 17.8 Å². The second-order valence-corrected chi connectivity index (χ2v) is 5.75. The van der Waals surface area contributed by atoms with Crippen LogP contribution in [0.25, 0.3) is 0 Å². The van der Waals surface area contributed by atoms with Crippen LogP contribution in [0.5, 0.6) is 0 Å². The standard InChI is InChI=1S/C14H27N/c1-3-15-14(11(2)13-8-9-13)10-12-6-4-5-7-12/h11-15H,3-10H2,1-2H3. The average molecular weight is 209 g/mol. The zero-order valence-corrected chi connectivity index (χ0v) is 10.5. The summed E-state index contributed by atoms with van der Waals surface area (Å²) in [7, 11) is 0. The van der Waals surface area contributed by atoms with Crippen molar-refractivity contribution in [2.75, 3.05) is 6.54 Å². The molecule has 0 heterocycles. The van der Waals surface area contributed by atoms with Gasteiger partial charge < -0.3 is 5.32 Å². The fraction of sp³-hybridized carbons (Fsp3) is 1.00. The molecule has 2 fully saturated rings. The number of nitrogens with one attached hydrogen (secondary N) is 1. The molecule has 2 saturated carbocycles. The lowest BCUT2D eigenvalue weighted by molar-refractivity contribution is 0.287. The molecule has 0 aromatic heterocycles. The molecule has 2 unspecified atom stereocenters. The molecule has 1 nitrogen and oxygen atoms in total. The third-order valence-electron chi connectivity index (χ3n) is 4.53. The van der Waals surface area contributed by atoms with Crippen LogP contribution in [-0.4, -0.2) is 12.6 Å². The molecule has 0 saturated heterocycles. The molecule has 2 rings (SSSR count). The lowest BCUT2D eigenvalue weighted by Crippen LogP contribution is -2.37. The summed E-state index contributed by atoms with van der Waals surface area (Å²) in [5, 5.41) is 3.73. The molecule has 2 aliphatic rings. The number of hydrogen-bond donors (Lipinski definition) is 1. The first-order valence-corrected chi connectivity index (χ1v) is 7.04. The predicted molar refractivity (Wildman–Crippen MR) is 65.9 cm³/mol. The van der Waals surface area contributed by atoms with Crippen molar-refractivity contribution in [1.29, 1.82) is 0 Å². The van der Waals surface area contributed by atoms with Crippen molar-refractivity contribution >= 4 is 0 Å². The maximum Gasteiger partial charge on any atom is 0.00978 e. The fourth-order valence-electron chi connectivity index (χ4n) is 3.30. The highest BCUT2D eigenvalue weighted by Crippen LogP contribution is 2.40. The molecule has 0 spiro atoms. The Morgan fingerprint density at radius 1 is 1.13 bits per heavy atom. The lowest BCUT2D eigenvalue weighted by Gasteiger charge is -2.27. The molecule has 2 atom stereocenters. The van der Waals surface area contributed by atoms with Crippen molar-refractivity contribution in [2.24, 2.45) is 17.8 Å². The maximum absolute atomic E-state index is 3.73. The van der Waals surface area contributed by atoms with Crippen LogP contribution < -0.4 is 5.32 Å². The molecule has 88 valence electrons. The Morgan fingerprint density at radius 2 is 1.80 bits per heavy atom. The van der Waals surface area contributed by atoms with E-state index in [1.807, 2.05) is 0 Å². The lowest BCUT2D eigenvalue weighted by atomic mass is 9.88. The summed E-state index contributed by atoms with van der Waals surface area (Å²) in [5.41, 5.74) is 0. The minimum atomic E-state index is 0.811. The molecule has 0 amide bonds. The number of rotatable bonds is 6. The van der Waals surface area contributed by atoms with Crippen molar-refractivity contribution in [3.05, 3.63) is 0 Å². The first-order chi connectivity index (χ1) is 7.31. The van der Waals surface area contributed by atoms with Crippen molar-refractivity contribution in [2.45, 2.75) is 64.8 Å². The first kappa shape index (κ1) is 11.4. The molecule has 1 N–H and O–H groups in total. The Bertz CT molecular complexity index is 180. The fourth-order valence-corrected chi connectivity index (χ4v) is 3.30. The van der Waals surface area contributed by atoms with Crippen molar-refractivity contribution in [3.8, 4) is 0 Å². The van der Waals surface area contributed by atoms with E-state index in [4.69, 9.17) is 0 Å². The summed E-state index contributed by atoms with van der Waals surface area (Å²) in [6.45, 7) is 5.87. The zero-order valence-electron chi connectivity index (χ0n) is 10.5. The van der Waals surface area contributed by atoms with Gasteiger partial charge in [0.25, 0.3) is 0 Å². The van der Waals surface area contributed by atoms with Crippen LogP contribution in [0.4, 0.5) is 0 Å². The second-order valence-electron chi connectivity index (χ2n) is 5.75. The van der Waals surface area contributed by atoms with Crippen LogP contribution in [0.1, 0.15) is 58.8 Å². The van der Waals surface area contributed by atoms with Gasteiger partial charge in [0, 0.05) is 6.04 Å². The molecule has 0 radical (unpaired) electrons. The van der Waals surface area contributed by atoms with Gasteiger partial charge in [0.1, 0.15) is 0 Å². The summed E-state index contributed by atoms with van der Waals surface area (Å²) in [6.07, 6.45) is 10.4. The van der Waals surface area contributed by atoms with Crippen LogP contribution in [-0.2, 0) is 0 Å². The molecule has 0 bridgehead atoms. The van der Waals surface area contributed by atoms with Gasteiger partial charge in [0.15, 0.2) is 0 Å². The largest absolute Gasteiger partial charge is 0.314 e. The normalized spacial score (nSPS) is 26.8. The molecule has 0 aliphatic heterocycles. The summed E-state index contributed by atoms with van der Waals surface area (Å²) in [4.78, 5) is 0. The Morgan fingerprint density at radius 3 is 2.33 bits per heavy atom. The summed E-state index contributed by atoms with van der Waals surface area (Å²) >= 11 is 0. The van der Waals surface area contributed by atoms with E-state index < -0.39 is 0 Å². The minimum absolute atomic E-state index is 0.811. The van der Waals surface area contributed by atoms with Crippen LogP contribution >= 0.6 is 0 Å². The van der Waals surface area contributed by atoms with Crippen molar-refractivity contribution in [3.63, 3.8) is 0 Å². The summed E-state index contributed by atoms with van der Waals surface area (Å²) in [5.74, 6) is 3.01. The maximum atomic E-state index is 3.73.